The molecule has 0 aliphatic heterocycles. The summed E-state index contributed by atoms with van der Waals surface area (Å²) in [6.07, 6.45) is 4.57. The van der Waals surface area contributed by atoms with Gasteiger partial charge < -0.3 is 9.84 Å². The minimum absolute atomic E-state index is 0.255. The van der Waals surface area contributed by atoms with Gasteiger partial charge in [0.15, 0.2) is 0 Å². The predicted octanol–water partition coefficient (Wildman–Crippen LogP) is 3.45. The first-order chi connectivity index (χ1) is 8.75. The molecule has 0 heterocycles. The lowest BCUT2D eigenvalue weighted by molar-refractivity contribution is -0.140. The zero-order valence-electron chi connectivity index (χ0n) is 11.0. The molecule has 18 heavy (non-hydrogen) atoms. The van der Waals surface area contributed by atoms with E-state index in [4.69, 9.17) is 4.74 Å². The molecule has 0 saturated heterocycles. The maximum Gasteiger partial charge on any atom is 0.313 e. The first kappa shape index (κ1) is 14.7. The number of aliphatic carboxylic acids is 1. The van der Waals surface area contributed by atoms with Gasteiger partial charge in [0.25, 0.3) is 0 Å². The van der Waals surface area contributed by atoms with Gasteiger partial charge in [0.1, 0.15) is 5.92 Å². The Balaban J connectivity index is 2.34. The second-order valence-corrected chi connectivity index (χ2v) is 4.44. The monoisotopic (exact) mass is 250 g/mol. The van der Waals surface area contributed by atoms with E-state index in [1.54, 1.807) is 0 Å². The summed E-state index contributed by atoms with van der Waals surface area (Å²) in [7, 11) is 0. The quantitative estimate of drug-likeness (QED) is 0.683. The van der Waals surface area contributed by atoms with Gasteiger partial charge >= 0.3 is 5.97 Å². The Morgan fingerprint density at radius 2 is 1.94 bits per heavy atom. The normalized spacial score (nSPS) is 12.3. The molecule has 0 fully saturated rings. The number of rotatable bonds is 9. The number of carboxylic acids is 1. The highest BCUT2D eigenvalue weighted by Gasteiger charge is 2.19. The highest BCUT2D eigenvalue weighted by molar-refractivity contribution is 5.76. The molecule has 0 aliphatic rings. The molecule has 3 heteroatoms. The molecular formula is C15H22O3. The van der Waals surface area contributed by atoms with Crippen molar-refractivity contribution < 1.29 is 14.6 Å². The van der Waals surface area contributed by atoms with E-state index in [0.29, 0.717) is 6.61 Å². The van der Waals surface area contributed by atoms with Crippen molar-refractivity contribution in [3.05, 3.63) is 35.9 Å². The molecule has 0 aliphatic carbocycles. The maximum absolute atomic E-state index is 11.2. The number of hydrogen-bond acceptors (Lipinski definition) is 2. The third kappa shape index (κ3) is 5.32. The van der Waals surface area contributed by atoms with Gasteiger partial charge in [-0.15, -0.1) is 0 Å². The van der Waals surface area contributed by atoms with Gasteiger partial charge in [-0.3, -0.25) is 4.79 Å². The zero-order valence-corrected chi connectivity index (χ0v) is 11.0. The van der Waals surface area contributed by atoms with Crippen LogP contribution in [0.1, 0.15) is 44.1 Å². The van der Waals surface area contributed by atoms with E-state index in [1.807, 2.05) is 30.3 Å². The van der Waals surface area contributed by atoms with Gasteiger partial charge in [-0.05, 0) is 12.0 Å². The molecule has 0 bridgehead atoms. The number of hydrogen-bond donors (Lipinski definition) is 1. The van der Waals surface area contributed by atoms with Gasteiger partial charge in [0.2, 0.25) is 0 Å². The molecule has 1 rings (SSSR count). The Morgan fingerprint density at radius 3 is 2.56 bits per heavy atom. The van der Waals surface area contributed by atoms with E-state index in [2.05, 4.69) is 6.92 Å². The van der Waals surface area contributed by atoms with Crippen LogP contribution in [0.5, 0.6) is 0 Å². The molecule has 1 aromatic rings. The molecule has 0 amide bonds. The Hall–Kier alpha value is -1.35. The minimum Gasteiger partial charge on any atom is -0.481 e. The average molecular weight is 250 g/mol. The van der Waals surface area contributed by atoms with Crippen molar-refractivity contribution in [3.8, 4) is 0 Å². The summed E-state index contributed by atoms with van der Waals surface area (Å²) in [5.74, 6) is -1.38. The summed E-state index contributed by atoms with van der Waals surface area (Å²) in [5.41, 5.74) is 0.804. The molecular weight excluding hydrogens is 228 g/mol. The maximum atomic E-state index is 11.2. The second-order valence-electron chi connectivity index (χ2n) is 4.44. The van der Waals surface area contributed by atoms with Crippen molar-refractivity contribution in [1.82, 2.24) is 0 Å². The highest BCUT2D eigenvalue weighted by Crippen LogP contribution is 2.16. The Bertz CT molecular complexity index is 335. The summed E-state index contributed by atoms with van der Waals surface area (Å²) in [4.78, 5) is 11.2. The van der Waals surface area contributed by atoms with Crippen LogP contribution in [-0.2, 0) is 9.53 Å². The molecule has 100 valence electrons. The van der Waals surface area contributed by atoms with Crippen LogP contribution in [0.2, 0.25) is 0 Å². The number of benzene rings is 1. The molecule has 0 spiro atoms. The summed E-state index contributed by atoms with van der Waals surface area (Å²) >= 11 is 0. The summed E-state index contributed by atoms with van der Waals surface area (Å²) in [5, 5.41) is 9.19. The minimum atomic E-state index is -0.824. The lowest BCUT2D eigenvalue weighted by Gasteiger charge is -2.13. The molecule has 0 radical (unpaired) electrons. The Morgan fingerprint density at radius 1 is 1.22 bits per heavy atom. The van der Waals surface area contributed by atoms with Crippen LogP contribution in [0, 0.1) is 0 Å². The standard InChI is InChI=1S/C15H22O3/c1-2-3-4-8-11-18-12-14(15(16)17)13-9-6-5-7-10-13/h5-7,9-10,14H,2-4,8,11-12H2,1H3,(H,16,17). The van der Waals surface area contributed by atoms with Gasteiger partial charge in [-0.1, -0.05) is 56.5 Å². The van der Waals surface area contributed by atoms with Crippen LogP contribution >= 0.6 is 0 Å². The first-order valence-electron chi connectivity index (χ1n) is 6.61. The number of unbranched alkanes of at least 4 members (excludes halogenated alkanes) is 3. The van der Waals surface area contributed by atoms with Crippen LogP contribution in [0.15, 0.2) is 30.3 Å². The van der Waals surface area contributed by atoms with E-state index in [9.17, 15) is 9.90 Å². The van der Waals surface area contributed by atoms with Crippen LogP contribution in [0.4, 0.5) is 0 Å². The molecule has 1 atom stereocenters. The molecule has 0 saturated carbocycles. The van der Waals surface area contributed by atoms with Crippen LogP contribution in [-0.4, -0.2) is 24.3 Å². The molecule has 0 aromatic heterocycles. The van der Waals surface area contributed by atoms with Crippen LogP contribution in [0.3, 0.4) is 0 Å². The molecule has 3 nitrogen and oxygen atoms in total. The molecule has 1 unspecified atom stereocenters. The fourth-order valence-corrected chi connectivity index (χ4v) is 1.83. The third-order valence-electron chi connectivity index (χ3n) is 2.93. The highest BCUT2D eigenvalue weighted by atomic mass is 16.5. The predicted molar refractivity (Wildman–Crippen MR) is 71.8 cm³/mol. The largest absolute Gasteiger partial charge is 0.481 e. The summed E-state index contributed by atoms with van der Waals surface area (Å²) in [6.45, 7) is 3.07. The average Bonchev–Trinajstić information content (AvgIpc) is 2.38. The van der Waals surface area contributed by atoms with E-state index in [1.165, 1.54) is 12.8 Å². The van der Waals surface area contributed by atoms with Gasteiger partial charge in [-0.25, -0.2) is 0 Å². The van der Waals surface area contributed by atoms with E-state index < -0.39 is 11.9 Å². The molecule has 1 aromatic carbocycles. The SMILES string of the molecule is CCCCCCOCC(C(=O)O)c1ccccc1. The van der Waals surface area contributed by atoms with Gasteiger partial charge in [-0.2, -0.15) is 0 Å². The molecule has 1 N–H and O–H groups in total. The fraction of sp³-hybridized carbons (Fsp3) is 0.533. The second kappa shape index (κ2) is 8.70. The van der Waals surface area contributed by atoms with E-state index in [0.717, 1.165) is 18.4 Å². The van der Waals surface area contributed by atoms with Crippen molar-refractivity contribution in [2.24, 2.45) is 0 Å². The Labute approximate surface area is 109 Å². The van der Waals surface area contributed by atoms with E-state index in [-0.39, 0.29) is 6.61 Å². The van der Waals surface area contributed by atoms with Crippen molar-refractivity contribution in [3.63, 3.8) is 0 Å². The van der Waals surface area contributed by atoms with Crippen molar-refractivity contribution in [1.29, 1.82) is 0 Å². The first-order valence-corrected chi connectivity index (χ1v) is 6.61. The summed E-state index contributed by atoms with van der Waals surface area (Å²) < 4.78 is 5.48. The smallest absolute Gasteiger partial charge is 0.313 e. The van der Waals surface area contributed by atoms with Crippen LogP contribution in [0.25, 0.3) is 0 Å². The number of ether oxygens (including phenoxy) is 1. The number of carbonyl (C=O) groups is 1. The van der Waals surface area contributed by atoms with Crippen LogP contribution < -0.4 is 0 Å². The zero-order chi connectivity index (χ0) is 13.2. The van der Waals surface area contributed by atoms with Gasteiger partial charge in [0.05, 0.1) is 6.61 Å². The van der Waals surface area contributed by atoms with Gasteiger partial charge in [0, 0.05) is 6.61 Å². The Kier molecular flexibility index (Phi) is 7.11. The lowest BCUT2D eigenvalue weighted by Crippen LogP contribution is -2.18. The topological polar surface area (TPSA) is 46.5 Å². The lowest BCUT2D eigenvalue weighted by atomic mass is 10.0. The van der Waals surface area contributed by atoms with Crippen molar-refractivity contribution >= 4 is 5.97 Å². The van der Waals surface area contributed by atoms with Crippen molar-refractivity contribution in [2.45, 2.75) is 38.5 Å². The van der Waals surface area contributed by atoms with Crippen molar-refractivity contribution in [2.75, 3.05) is 13.2 Å². The third-order valence-corrected chi connectivity index (χ3v) is 2.93. The summed E-state index contributed by atoms with van der Waals surface area (Å²) in [6, 6.07) is 9.26. The number of carboxylic acid groups (broad SMARTS) is 1. The fourth-order valence-electron chi connectivity index (χ4n) is 1.83. The van der Waals surface area contributed by atoms with E-state index >= 15 is 0 Å².